The van der Waals surface area contributed by atoms with Crippen LogP contribution in [0.3, 0.4) is 0 Å². The van der Waals surface area contributed by atoms with Crippen molar-refractivity contribution in [2.24, 2.45) is 0 Å². The Bertz CT molecular complexity index is 1130. The van der Waals surface area contributed by atoms with E-state index in [0.717, 1.165) is 11.1 Å². The van der Waals surface area contributed by atoms with E-state index in [2.05, 4.69) is 16.0 Å². The third kappa shape index (κ3) is 5.84. The molecule has 0 radical (unpaired) electrons. The van der Waals surface area contributed by atoms with Crippen molar-refractivity contribution in [2.45, 2.75) is 33.7 Å². The van der Waals surface area contributed by atoms with Crippen LogP contribution in [-0.2, 0) is 14.3 Å². The standard InChI is InChI=1S/C24H26ClN3O5/c1-5-32-20(29)12-33-19-9-7-16(25)11-18(19)22-21(15(4)26-24(31)28-22)23(30)27-17-8-6-13(2)14(3)10-17/h6-11,22H,5,12H2,1-4H3,(H,27,30)(H2,26,28,31)/t22-/m0/s1. The lowest BCUT2D eigenvalue weighted by Gasteiger charge is -2.30. The van der Waals surface area contributed by atoms with E-state index in [9.17, 15) is 14.4 Å². The van der Waals surface area contributed by atoms with Crippen LogP contribution in [0.15, 0.2) is 47.7 Å². The average molecular weight is 472 g/mol. The molecule has 3 rings (SSSR count). The van der Waals surface area contributed by atoms with Crippen LogP contribution >= 0.6 is 11.6 Å². The van der Waals surface area contributed by atoms with Crippen molar-refractivity contribution in [3.8, 4) is 5.75 Å². The van der Waals surface area contributed by atoms with Crippen molar-refractivity contribution in [1.82, 2.24) is 10.6 Å². The number of aryl methyl sites for hydroxylation is 2. The fraction of sp³-hybridized carbons (Fsp3) is 0.292. The summed E-state index contributed by atoms with van der Waals surface area (Å²) in [5.74, 6) is -0.638. The molecule has 9 heteroatoms. The number of carbonyl (C=O) groups excluding carboxylic acids is 3. The molecule has 174 valence electrons. The Morgan fingerprint density at radius 2 is 1.85 bits per heavy atom. The Morgan fingerprint density at radius 1 is 1.09 bits per heavy atom. The maximum absolute atomic E-state index is 13.3. The van der Waals surface area contributed by atoms with E-state index in [4.69, 9.17) is 21.1 Å². The first kappa shape index (κ1) is 24.1. The predicted molar refractivity (Wildman–Crippen MR) is 125 cm³/mol. The van der Waals surface area contributed by atoms with Gasteiger partial charge >= 0.3 is 12.0 Å². The number of anilines is 1. The van der Waals surface area contributed by atoms with Gasteiger partial charge in [0.15, 0.2) is 6.61 Å². The van der Waals surface area contributed by atoms with E-state index in [1.165, 1.54) is 0 Å². The molecular weight excluding hydrogens is 446 g/mol. The summed E-state index contributed by atoms with van der Waals surface area (Å²) in [6.45, 7) is 7.19. The normalized spacial score (nSPS) is 15.4. The Kier molecular flexibility index (Phi) is 7.60. The number of ether oxygens (including phenoxy) is 2. The first-order valence-electron chi connectivity index (χ1n) is 10.4. The second kappa shape index (κ2) is 10.4. The number of halogens is 1. The number of hydrogen-bond donors (Lipinski definition) is 3. The minimum atomic E-state index is -0.860. The number of esters is 1. The molecule has 0 bridgehead atoms. The number of urea groups is 1. The highest BCUT2D eigenvalue weighted by molar-refractivity contribution is 6.30. The van der Waals surface area contributed by atoms with Crippen molar-refractivity contribution in [3.63, 3.8) is 0 Å². The number of nitrogens with one attached hydrogen (secondary N) is 3. The first-order valence-corrected chi connectivity index (χ1v) is 10.8. The molecular formula is C24H26ClN3O5. The second-order valence-electron chi connectivity index (χ2n) is 7.60. The summed E-state index contributed by atoms with van der Waals surface area (Å²) in [5.41, 5.74) is 3.89. The van der Waals surface area contributed by atoms with Gasteiger partial charge in [-0.05, 0) is 69.2 Å². The van der Waals surface area contributed by atoms with Gasteiger partial charge in [-0.2, -0.15) is 0 Å². The zero-order valence-electron chi connectivity index (χ0n) is 18.9. The van der Waals surface area contributed by atoms with Gasteiger partial charge in [0.1, 0.15) is 5.75 Å². The average Bonchev–Trinajstić information content (AvgIpc) is 2.75. The maximum Gasteiger partial charge on any atom is 0.344 e. The molecule has 2 aromatic carbocycles. The van der Waals surface area contributed by atoms with Gasteiger partial charge in [0.25, 0.3) is 5.91 Å². The number of allylic oxidation sites excluding steroid dienone is 1. The molecule has 2 aromatic rings. The van der Waals surface area contributed by atoms with Gasteiger partial charge in [0.2, 0.25) is 0 Å². The summed E-state index contributed by atoms with van der Waals surface area (Å²) >= 11 is 6.22. The summed E-state index contributed by atoms with van der Waals surface area (Å²) < 4.78 is 10.6. The number of amides is 3. The van der Waals surface area contributed by atoms with Crippen LogP contribution in [0.5, 0.6) is 5.75 Å². The lowest BCUT2D eigenvalue weighted by molar-refractivity contribution is -0.145. The molecule has 8 nitrogen and oxygen atoms in total. The van der Waals surface area contributed by atoms with E-state index in [0.29, 0.717) is 27.7 Å². The van der Waals surface area contributed by atoms with Crippen molar-refractivity contribution >= 4 is 35.2 Å². The fourth-order valence-electron chi connectivity index (χ4n) is 3.46. The van der Waals surface area contributed by atoms with Gasteiger partial charge in [0, 0.05) is 22.0 Å². The van der Waals surface area contributed by atoms with Gasteiger partial charge in [0.05, 0.1) is 18.2 Å². The number of benzene rings is 2. The van der Waals surface area contributed by atoms with Crippen LogP contribution < -0.4 is 20.7 Å². The Hall–Kier alpha value is -3.52. The third-order valence-electron chi connectivity index (χ3n) is 5.21. The van der Waals surface area contributed by atoms with Gasteiger partial charge in [-0.25, -0.2) is 9.59 Å². The van der Waals surface area contributed by atoms with Crippen molar-refractivity contribution in [1.29, 1.82) is 0 Å². The van der Waals surface area contributed by atoms with Crippen LogP contribution in [-0.4, -0.2) is 31.1 Å². The molecule has 0 spiro atoms. The molecule has 0 aliphatic carbocycles. The van der Waals surface area contributed by atoms with Gasteiger partial charge in [-0.3, -0.25) is 4.79 Å². The summed E-state index contributed by atoms with van der Waals surface area (Å²) in [7, 11) is 0. The lowest BCUT2D eigenvalue weighted by Crippen LogP contribution is -2.46. The quantitative estimate of drug-likeness (QED) is 0.526. The molecule has 0 saturated carbocycles. The van der Waals surface area contributed by atoms with E-state index < -0.39 is 23.9 Å². The van der Waals surface area contributed by atoms with Crippen LogP contribution in [0.1, 0.15) is 36.6 Å². The Labute approximate surface area is 197 Å². The zero-order valence-corrected chi connectivity index (χ0v) is 19.6. The molecule has 0 saturated heterocycles. The van der Waals surface area contributed by atoms with E-state index in [1.807, 2.05) is 32.0 Å². The molecule has 1 aliphatic rings. The van der Waals surface area contributed by atoms with E-state index >= 15 is 0 Å². The van der Waals surface area contributed by atoms with Crippen LogP contribution in [0.2, 0.25) is 5.02 Å². The lowest BCUT2D eigenvalue weighted by atomic mass is 9.94. The highest BCUT2D eigenvalue weighted by atomic mass is 35.5. The third-order valence-corrected chi connectivity index (χ3v) is 5.45. The van der Waals surface area contributed by atoms with Crippen molar-refractivity contribution in [2.75, 3.05) is 18.5 Å². The smallest absolute Gasteiger partial charge is 0.344 e. The molecule has 0 fully saturated rings. The highest BCUT2D eigenvalue weighted by Crippen LogP contribution is 2.35. The monoisotopic (exact) mass is 471 g/mol. The molecule has 1 heterocycles. The topological polar surface area (TPSA) is 106 Å². The van der Waals surface area contributed by atoms with Gasteiger partial charge in [-0.15, -0.1) is 0 Å². The molecule has 0 aromatic heterocycles. The summed E-state index contributed by atoms with van der Waals surface area (Å²) in [6.07, 6.45) is 0. The Balaban J connectivity index is 1.96. The Morgan fingerprint density at radius 3 is 2.55 bits per heavy atom. The van der Waals surface area contributed by atoms with Crippen LogP contribution in [0, 0.1) is 13.8 Å². The maximum atomic E-state index is 13.3. The summed E-state index contributed by atoms with van der Waals surface area (Å²) in [6, 6.07) is 9.04. The van der Waals surface area contributed by atoms with Gasteiger partial charge < -0.3 is 25.4 Å². The second-order valence-corrected chi connectivity index (χ2v) is 8.04. The molecule has 1 atom stereocenters. The fourth-order valence-corrected chi connectivity index (χ4v) is 3.64. The van der Waals surface area contributed by atoms with Crippen LogP contribution in [0.4, 0.5) is 10.5 Å². The van der Waals surface area contributed by atoms with Gasteiger partial charge in [-0.1, -0.05) is 17.7 Å². The minimum absolute atomic E-state index is 0.227. The highest BCUT2D eigenvalue weighted by Gasteiger charge is 2.33. The van der Waals surface area contributed by atoms with Crippen molar-refractivity contribution < 1.29 is 23.9 Å². The molecule has 3 amide bonds. The van der Waals surface area contributed by atoms with E-state index in [-0.39, 0.29) is 18.8 Å². The van der Waals surface area contributed by atoms with Crippen LogP contribution in [0.25, 0.3) is 0 Å². The molecule has 3 N–H and O–H groups in total. The SMILES string of the molecule is CCOC(=O)COc1ccc(Cl)cc1[C@@H]1NC(=O)NC(C)=C1C(=O)Nc1ccc(C)c(C)c1. The predicted octanol–water partition coefficient (Wildman–Crippen LogP) is 4.17. The largest absolute Gasteiger partial charge is 0.482 e. The molecule has 0 unspecified atom stereocenters. The number of rotatable bonds is 7. The summed E-state index contributed by atoms with van der Waals surface area (Å²) in [4.78, 5) is 37.4. The minimum Gasteiger partial charge on any atom is -0.482 e. The molecule has 33 heavy (non-hydrogen) atoms. The zero-order chi connectivity index (χ0) is 24.1. The van der Waals surface area contributed by atoms with E-state index in [1.54, 1.807) is 32.0 Å². The summed E-state index contributed by atoms with van der Waals surface area (Å²) in [5, 5.41) is 8.67. The van der Waals surface area contributed by atoms with Crippen molar-refractivity contribution in [3.05, 3.63) is 69.4 Å². The molecule has 1 aliphatic heterocycles. The number of carbonyl (C=O) groups is 3. The number of hydrogen-bond acceptors (Lipinski definition) is 5. The first-order chi connectivity index (χ1) is 15.7.